The molecule has 1 aromatic carbocycles. The number of H-pyrrole nitrogens is 1. The van der Waals surface area contributed by atoms with Crippen molar-refractivity contribution >= 4 is 38.6 Å². The molecule has 4 aromatic rings. The number of hydrogen-bond donors (Lipinski definition) is 3. The summed E-state index contributed by atoms with van der Waals surface area (Å²) in [4.78, 5) is 9.27. The van der Waals surface area contributed by atoms with Gasteiger partial charge in [-0.15, -0.1) is 5.10 Å². The fourth-order valence-corrected chi connectivity index (χ4v) is 4.78. The molecule has 0 saturated heterocycles. The van der Waals surface area contributed by atoms with Gasteiger partial charge in [0.05, 0.1) is 16.5 Å². The standard InChI is InChI=1S/C20H22N8O2S/c1-12-3-7-15(8-4-12)31(29,30)28-10-9-16-18(22-13(2)14-5-6-14)24-20(25-19(16)28)23-17-11-21-27-26-17/h3-4,7-11,13-14H,5-6H2,1-2H3,(H3,21,22,23,24,25,26,27). The number of nitrogens with one attached hydrogen (secondary N) is 3. The molecule has 1 aliphatic rings. The van der Waals surface area contributed by atoms with E-state index >= 15 is 0 Å². The lowest BCUT2D eigenvalue weighted by Crippen LogP contribution is -2.19. The number of aromatic amines is 1. The maximum absolute atomic E-state index is 13.3. The van der Waals surface area contributed by atoms with Crippen LogP contribution < -0.4 is 10.6 Å². The largest absolute Gasteiger partial charge is 0.367 e. The van der Waals surface area contributed by atoms with Crippen LogP contribution in [0.25, 0.3) is 11.0 Å². The molecule has 1 saturated carbocycles. The average Bonchev–Trinajstić information content (AvgIpc) is 3.30. The number of aromatic nitrogens is 6. The van der Waals surface area contributed by atoms with Gasteiger partial charge in [-0.25, -0.2) is 12.4 Å². The molecule has 1 aliphatic carbocycles. The SMILES string of the molecule is Cc1ccc(S(=O)(=O)n2ccc3c(NC(C)C4CC4)nc(Nc4cn[nH]n4)nc32)cc1. The Kier molecular flexibility index (Phi) is 4.62. The quantitative estimate of drug-likeness (QED) is 0.401. The van der Waals surface area contributed by atoms with Gasteiger partial charge in [0.2, 0.25) is 5.95 Å². The highest BCUT2D eigenvalue weighted by Crippen LogP contribution is 2.35. The van der Waals surface area contributed by atoms with Crippen molar-refractivity contribution in [3.63, 3.8) is 0 Å². The molecule has 0 bridgehead atoms. The fourth-order valence-electron chi connectivity index (χ4n) is 3.48. The van der Waals surface area contributed by atoms with Gasteiger partial charge in [0, 0.05) is 12.2 Å². The van der Waals surface area contributed by atoms with Gasteiger partial charge >= 0.3 is 0 Å². The van der Waals surface area contributed by atoms with Crippen molar-refractivity contribution in [3.8, 4) is 0 Å². The molecule has 11 heteroatoms. The monoisotopic (exact) mass is 438 g/mol. The highest BCUT2D eigenvalue weighted by Gasteiger charge is 2.29. The Balaban J connectivity index is 1.63. The van der Waals surface area contributed by atoms with Crippen LogP contribution in [0.4, 0.5) is 17.6 Å². The van der Waals surface area contributed by atoms with E-state index in [4.69, 9.17) is 0 Å². The number of anilines is 3. The van der Waals surface area contributed by atoms with E-state index in [9.17, 15) is 8.42 Å². The summed E-state index contributed by atoms with van der Waals surface area (Å²) >= 11 is 0. The summed E-state index contributed by atoms with van der Waals surface area (Å²) < 4.78 is 27.9. The molecule has 3 heterocycles. The Bertz CT molecular complexity index is 1330. The van der Waals surface area contributed by atoms with E-state index in [1.807, 2.05) is 6.92 Å². The lowest BCUT2D eigenvalue weighted by atomic mass is 10.2. The first-order valence-electron chi connectivity index (χ1n) is 10.0. The van der Waals surface area contributed by atoms with E-state index in [-0.39, 0.29) is 22.5 Å². The van der Waals surface area contributed by atoms with Gasteiger partial charge in [0.25, 0.3) is 10.0 Å². The Morgan fingerprint density at radius 1 is 1.16 bits per heavy atom. The normalized spacial score (nSPS) is 15.2. The number of benzene rings is 1. The molecule has 31 heavy (non-hydrogen) atoms. The van der Waals surface area contributed by atoms with Crippen LogP contribution in [0, 0.1) is 12.8 Å². The molecule has 160 valence electrons. The van der Waals surface area contributed by atoms with Gasteiger partial charge < -0.3 is 10.6 Å². The molecule has 1 unspecified atom stereocenters. The first-order chi connectivity index (χ1) is 14.9. The van der Waals surface area contributed by atoms with Crippen molar-refractivity contribution in [2.75, 3.05) is 10.6 Å². The number of fused-ring (bicyclic) bond motifs is 1. The summed E-state index contributed by atoms with van der Waals surface area (Å²) in [6.45, 7) is 4.02. The highest BCUT2D eigenvalue weighted by molar-refractivity contribution is 7.90. The second kappa shape index (κ2) is 7.34. The summed E-state index contributed by atoms with van der Waals surface area (Å²) in [5.74, 6) is 1.83. The summed E-state index contributed by atoms with van der Waals surface area (Å²) in [6.07, 6.45) is 5.36. The van der Waals surface area contributed by atoms with E-state index in [2.05, 4.69) is 42.9 Å². The minimum absolute atomic E-state index is 0.195. The van der Waals surface area contributed by atoms with E-state index in [0.29, 0.717) is 22.9 Å². The van der Waals surface area contributed by atoms with Crippen molar-refractivity contribution in [2.24, 2.45) is 5.92 Å². The third-order valence-electron chi connectivity index (χ3n) is 5.44. The zero-order valence-electron chi connectivity index (χ0n) is 17.1. The van der Waals surface area contributed by atoms with Crippen LogP contribution in [0.5, 0.6) is 0 Å². The van der Waals surface area contributed by atoms with Crippen LogP contribution in [0.15, 0.2) is 47.6 Å². The third-order valence-corrected chi connectivity index (χ3v) is 7.12. The number of nitrogens with zero attached hydrogens (tertiary/aromatic N) is 5. The molecule has 3 N–H and O–H groups in total. The summed E-state index contributed by atoms with van der Waals surface area (Å²) in [6, 6.07) is 8.68. The second-order valence-corrected chi connectivity index (χ2v) is 9.63. The van der Waals surface area contributed by atoms with E-state index in [1.165, 1.54) is 29.2 Å². The molecule has 1 atom stereocenters. The molecule has 0 spiro atoms. The van der Waals surface area contributed by atoms with Crippen molar-refractivity contribution in [3.05, 3.63) is 48.3 Å². The van der Waals surface area contributed by atoms with Crippen LogP contribution in [0.1, 0.15) is 25.3 Å². The topological polar surface area (TPSA) is 130 Å². The van der Waals surface area contributed by atoms with Crippen molar-refractivity contribution in [1.82, 2.24) is 29.4 Å². The van der Waals surface area contributed by atoms with Crippen LogP contribution in [-0.2, 0) is 10.0 Å². The van der Waals surface area contributed by atoms with Crippen molar-refractivity contribution < 1.29 is 8.42 Å². The predicted molar refractivity (Wildman–Crippen MR) is 117 cm³/mol. The van der Waals surface area contributed by atoms with Crippen LogP contribution in [0.3, 0.4) is 0 Å². The Morgan fingerprint density at radius 3 is 2.61 bits per heavy atom. The summed E-state index contributed by atoms with van der Waals surface area (Å²) in [5, 5.41) is 17.3. The van der Waals surface area contributed by atoms with E-state index in [0.717, 1.165) is 5.56 Å². The van der Waals surface area contributed by atoms with Gasteiger partial charge in [0.1, 0.15) is 5.82 Å². The second-order valence-electron chi connectivity index (χ2n) is 7.81. The lowest BCUT2D eigenvalue weighted by Gasteiger charge is -2.15. The molecular formula is C20H22N8O2S. The summed E-state index contributed by atoms with van der Waals surface area (Å²) in [5.41, 5.74) is 1.27. The molecule has 0 amide bonds. The Labute approximate surface area is 179 Å². The smallest absolute Gasteiger partial charge is 0.269 e. The van der Waals surface area contributed by atoms with E-state index in [1.54, 1.807) is 30.3 Å². The van der Waals surface area contributed by atoms with Crippen LogP contribution in [0.2, 0.25) is 0 Å². The number of hydrogen-bond acceptors (Lipinski definition) is 8. The van der Waals surface area contributed by atoms with Crippen LogP contribution >= 0.6 is 0 Å². The zero-order chi connectivity index (χ0) is 21.6. The first kappa shape index (κ1) is 19.5. The van der Waals surface area contributed by atoms with Gasteiger partial charge in [-0.3, -0.25) is 0 Å². The number of aryl methyl sites for hydroxylation is 1. The van der Waals surface area contributed by atoms with Gasteiger partial charge in [-0.2, -0.15) is 20.3 Å². The third kappa shape index (κ3) is 3.72. The number of rotatable bonds is 7. The molecule has 10 nitrogen and oxygen atoms in total. The van der Waals surface area contributed by atoms with E-state index < -0.39 is 10.0 Å². The Morgan fingerprint density at radius 2 is 1.94 bits per heavy atom. The lowest BCUT2D eigenvalue weighted by molar-refractivity contribution is 0.589. The molecule has 5 rings (SSSR count). The van der Waals surface area contributed by atoms with Crippen molar-refractivity contribution in [2.45, 2.75) is 37.6 Å². The van der Waals surface area contributed by atoms with Gasteiger partial charge in [0.15, 0.2) is 11.5 Å². The minimum atomic E-state index is -3.83. The molecule has 0 aliphatic heterocycles. The maximum atomic E-state index is 13.3. The highest BCUT2D eigenvalue weighted by atomic mass is 32.2. The zero-order valence-corrected chi connectivity index (χ0v) is 17.9. The molecule has 3 aromatic heterocycles. The maximum Gasteiger partial charge on any atom is 0.269 e. The minimum Gasteiger partial charge on any atom is -0.367 e. The predicted octanol–water partition coefficient (Wildman–Crippen LogP) is 3.05. The van der Waals surface area contributed by atoms with Crippen LogP contribution in [-0.4, -0.2) is 43.8 Å². The summed E-state index contributed by atoms with van der Waals surface area (Å²) in [7, 11) is -3.83. The average molecular weight is 439 g/mol. The fraction of sp³-hybridized carbons (Fsp3) is 0.300. The first-order valence-corrected chi connectivity index (χ1v) is 11.5. The van der Waals surface area contributed by atoms with Crippen molar-refractivity contribution in [1.29, 1.82) is 0 Å². The molecule has 1 fully saturated rings. The van der Waals surface area contributed by atoms with Gasteiger partial charge in [-0.1, -0.05) is 17.7 Å². The molecular weight excluding hydrogens is 416 g/mol. The molecule has 0 radical (unpaired) electrons. The van der Waals surface area contributed by atoms with Gasteiger partial charge in [-0.05, 0) is 50.8 Å². The Hall–Kier alpha value is -3.47.